The van der Waals surface area contributed by atoms with Crippen molar-refractivity contribution in [2.45, 2.75) is 0 Å². The van der Waals surface area contributed by atoms with Crippen molar-refractivity contribution in [3.63, 3.8) is 0 Å². The zero-order chi connectivity index (χ0) is 25.5. The summed E-state index contributed by atoms with van der Waals surface area (Å²) >= 11 is 6.21. The normalized spacial score (nSPS) is 11.6. The van der Waals surface area contributed by atoms with Gasteiger partial charge in [0.25, 0.3) is 5.91 Å². The van der Waals surface area contributed by atoms with Crippen molar-refractivity contribution in [3.8, 4) is 0 Å². The molecule has 4 heteroatoms. The van der Waals surface area contributed by atoms with Crippen molar-refractivity contribution in [1.29, 1.82) is 0 Å². The number of benzene rings is 5. The number of hydrogen-bond acceptors (Lipinski definition) is 1. The van der Waals surface area contributed by atoms with Gasteiger partial charge in [0.15, 0.2) is 12.7 Å². The van der Waals surface area contributed by atoms with Gasteiger partial charge in [0.2, 0.25) is 0 Å². The summed E-state index contributed by atoms with van der Waals surface area (Å²) in [5, 5.41) is 7.50. The fourth-order valence-corrected chi connectivity index (χ4v) is 8.86. The number of amides is 1. The molecule has 0 saturated heterocycles. The van der Waals surface area contributed by atoms with E-state index >= 15 is 0 Å². The van der Waals surface area contributed by atoms with E-state index in [1.807, 2.05) is 72.8 Å². The zero-order valence-corrected chi connectivity index (χ0v) is 21.8. The van der Waals surface area contributed by atoms with Gasteiger partial charge in [-0.1, -0.05) is 96.5 Å². The topological polar surface area (TPSA) is 29.1 Å². The second-order valence-electron chi connectivity index (χ2n) is 8.58. The maximum absolute atomic E-state index is 13.7. The van der Waals surface area contributed by atoms with Crippen molar-refractivity contribution in [2.24, 2.45) is 0 Å². The number of carbonyl (C=O) groups excluding carboxylic acids is 1. The molecule has 0 spiro atoms. The van der Waals surface area contributed by atoms with Crippen LogP contribution in [0.4, 0.5) is 0 Å². The summed E-state index contributed by atoms with van der Waals surface area (Å²) in [7, 11) is -2.52. The SMILES string of the molecule is O=C(NC(=Cc1ccc(Cl)cc1)[P+](c1ccccc1)(c1ccccc1)c1ccccc1)c1ccccc1. The maximum Gasteiger partial charge on any atom is 0.258 e. The molecule has 5 aromatic rings. The summed E-state index contributed by atoms with van der Waals surface area (Å²) in [6.07, 6.45) is 2.10. The average Bonchev–Trinajstić information content (AvgIpc) is 2.97. The van der Waals surface area contributed by atoms with Crippen LogP contribution >= 0.6 is 18.9 Å². The van der Waals surface area contributed by atoms with Crippen LogP contribution in [0.3, 0.4) is 0 Å². The van der Waals surface area contributed by atoms with Crippen LogP contribution in [-0.2, 0) is 0 Å². The standard InChI is InChI=1S/C33H25ClNOP/c34-28-23-21-26(22-24-28)25-32(35-33(36)27-13-5-1-6-14-27)37(29-15-7-2-8-16-29,30-17-9-3-10-18-30)31-19-11-4-12-20-31/h1-25H/p+1. The Morgan fingerprint density at radius 1 is 0.568 bits per heavy atom. The van der Waals surface area contributed by atoms with E-state index in [4.69, 9.17) is 11.6 Å². The zero-order valence-electron chi connectivity index (χ0n) is 20.2. The van der Waals surface area contributed by atoms with Crippen molar-refractivity contribution < 1.29 is 4.79 Å². The van der Waals surface area contributed by atoms with E-state index < -0.39 is 7.26 Å². The van der Waals surface area contributed by atoms with E-state index in [2.05, 4.69) is 84.2 Å². The summed E-state index contributed by atoms with van der Waals surface area (Å²) in [5.41, 5.74) is 2.42. The lowest BCUT2D eigenvalue weighted by Gasteiger charge is -2.29. The maximum atomic E-state index is 13.7. The van der Waals surface area contributed by atoms with Gasteiger partial charge in [-0.05, 0) is 66.2 Å². The Labute approximate surface area is 223 Å². The Kier molecular flexibility index (Phi) is 7.61. The number of nitrogens with one attached hydrogen (secondary N) is 1. The molecule has 0 aliphatic heterocycles. The highest BCUT2D eigenvalue weighted by Gasteiger charge is 2.50. The summed E-state index contributed by atoms with van der Waals surface area (Å²) in [5.74, 6) is -0.145. The average molecular weight is 519 g/mol. The van der Waals surface area contributed by atoms with E-state index in [-0.39, 0.29) is 5.91 Å². The molecule has 1 amide bonds. The third-order valence-electron chi connectivity index (χ3n) is 6.24. The lowest BCUT2D eigenvalue weighted by molar-refractivity contribution is 0.0969. The molecule has 2 nitrogen and oxygen atoms in total. The van der Waals surface area contributed by atoms with E-state index in [0.29, 0.717) is 10.6 Å². The van der Waals surface area contributed by atoms with Crippen LogP contribution in [0.25, 0.3) is 6.08 Å². The first kappa shape index (κ1) is 24.7. The summed E-state index contributed by atoms with van der Waals surface area (Å²) < 4.78 is 0. The molecule has 0 saturated carbocycles. The highest BCUT2D eigenvalue weighted by Crippen LogP contribution is 2.61. The van der Waals surface area contributed by atoms with Crippen LogP contribution in [0.5, 0.6) is 0 Å². The van der Waals surface area contributed by atoms with Crippen molar-refractivity contribution in [2.75, 3.05) is 0 Å². The van der Waals surface area contributed by atoms with Gasteiger partial charge in [-0.2, -0.15) is 0 Å². The van der Waals surface area contributed by atoms with Gasteiger partial charge in [0.1, 0.15) is 15.9 Å². The van der Waals surface area contributed by atoms with E-state index in [9.17, 15) is 4.79 Å². The molecule has 0 unspecified atom stereocenters. The van der Waals surface area contributed by atoms with E-state index in [1.165, 1.54) is 0 Å². The fraction of sp³-hybridized carbons (Fsp3) is 0. The molecule has 37 heavy (non-hydrogen) atoms. The van der Waals surface area contributed by atoms with Gasteiger partial charge in [-0.15, -0.1) is 0 Å². The molecule has 5 rings (SSSR count). The van der Waals surface area contributed by atoms with Crippen molar-refractivity contribution in [3.05, 3.63) is 167 Å². The largest absolute Gasteiger partial charge is 0.292 e. The van der Waals surface area contributed by atoms with Crippen molar-refractivity contribution >= 4 is 46.8 Å². The molecule has 0 aliphatic carbocycles. The van der Waals surface area contributed by atoms with Crippen LogP contribution in [0, 0.1) is 0 Å². The van der Waals surface area contributed by atoms with E-state index in [0.717, 1.165) is 26.9 Å². The summed E-state index contributed by atoms with van der Waals surface area (Å²) in [4.78, 5) is 13.7. The highest BCUT2D eigenvalue weighted by atomic mass is 35.5. The Morgan fingerprint density at radius 2 is 0.973 bits per heavy atom. The van der Waals surface area contributed by atoms with Crippen LogP contribution < -0.4 is 21.2 Å². The van der Waals surface area contributed by atoms with E-state index in [1.54, 1.807) is 0 Å². The van der Waals surface area contributed by atoms with Gasteiger partial charge in [0, 0.05) is 16.7 Å². The smallest absolute Gasteiger partial charge is 0.258 e. The van der Waals surface area contributed by atoms with Crippen LogP contribution in [0.15, 0.2) is 151 Å². The first-order valence-corrected chi connectivity index (χ1v) is 14.2. The minimum atomic E-state index is -2.52. The molecule has 0 bridgehead atoms. The molecule has 0 aliphatic rings. The quantitative estimate of drug-likeness (QED) is 0.229. The minimum absolute atomic E-state index is 0.145. The lowest BCUT2D eigenvalue weighted by atomic mass is 10.2. The van der Waals surface area contributed by atoms with Gasteiger partial charge in [0.05, 0.1) is 0 Å². The van der Waals surface area contributed by atoms with Crippen LogP contribution in [-0.4, -0.2) is 5.91 Å². The predicted molar refractivity (Wildman–Crippen MR) is 158 cm³/mol. The fourth-order valence-electron chi connectivity index (χ4n) is 4.53. The molecule has 0 aromatic heterocycles. The lowest BCUT2D eigenvalue weighted by Crippen LogP contribution is -2.38. The number of halogens is 1. The number of hydrogen-bond donors (Lipinski definition) is 1. The number of rotatable bonds is 7. The van der Waals surface area contributed by atoms with Gasteiger partial charge < -0.3 is 0 Å². The molecule has 0 atom stereocenters. The second kappa shape index (κ2) is 11.4. The van der Waals surface area contributed by atoms with Crippen LogP contribution in [0.2, 0.25) is 5.02 Å². The summed E-state index contributed by atoms with van der Waals surface area (Å²) in [6.45, 7) is 0. The molecule has 0 fully saturated rings. The molecule has 1 N–H and O–H groups in total. The molecule has 5 aromatic carbocycles. The first-order valence-electron chi connectivity index (χ1n) is 12.1. The van der Waals surface area contributed by atoms with Crippen LogP contribution in [0.1, 0.15) is 15.9 Å². The van der Waals surface area contributed by atoms with Gasteiger partial charge >= 0.3 is 0 Å². The molecule has 0 radical (unpaired) electrons. The Balaban J connectivity index is 1.83. The molecule has 180 valence electrons. The summed E-state index contributed by atoms with van der Waals surface area (Å²) in [6, 6.07) is 48.5. The molecular weight excluding hydrogens is 493 g/mol. The Morgan fingerprint density at radius 3 is 1.41 bits per heavy atom. The number of carbonyl (C=O) groups is 1. The van der Waals surface area contributed by atoms with Gasteiger partial charge in [-0.3, -0.25) is 10.1 Å². The second-order valence-corrected chi connectivity index (χ2v) is 12.4. The third kappa shape index (κ3) is 5.27. The minimum Gasteiger partial charge on any atom is -0.292 e. The first-order chi connectivity index (χ1) is 18.2. The predicted octanol–water partition coefficient (Wildman–Crippen LogP) is 7.06. The monoisotopic (exact) mass is 518 g/mol. The third-order valence-corrected chi connectivity index (χ3v) is 10.7. The highest BCUT2D eigenvalue weighted by molar-refractivity contribution is 7.99. The van der Waals surface area contributed by atoms with Gasteiger partial charge in [-0.25, -0.2) is 0 Å². The van der Waals surface area contributed by atoms with Crippen molar-refractivity contribution in [1.82, 2.24) is 5.32 Å². The molecular formula is C33H26ClNOP+. The molecule has 0 heterocycles. The Bertz CT molecular complexity index is 1390. The Hall–Kier alpha value is -3.97.